The first-order valence-corrected chi connectivity index (χ1v) is 8.64. The van der Waals surface area contributed by atoms with Gasteiger partial charge in [0.25, 0.3) is 0 Å². The molecule has 24 heavy (non-hydrogen) atoms. The van der Waals surface area contributed by atoms with Crippen LogP contribution in [0.2, 0.25) is 0 Å². The smallest absolute Gasteiger partial charge is 0.241 e. The quantitative estimate of drug-likeness (QED) is 0.389. The lowest BCUT2D eigenvalue weighted by Gasteiger charge is -2.22. The largest absolute Gasteiger partial charge is 0.455 e. The van der Waals surface area contributed by atoms with Crippen LogP contribution in [-0.4, -0.2) is 6.29 Å². The van der Waals surface area contributed by atoms with E-state index in [1.54, 1.807) is 0 Å². The Hall–Kier alpha value is -2.36. The molecule has 4 heteroatoms. The number of para-hydroxylation sites is 1. The maximum Gasteiger partial charge on any atom is 0.241 e. The molecule has 0 heterocycles. The first kappa shape index (κ1) is 18.0. The van der Waals surface area contributed by atoms with Gasteiger partial charge in [-0.15, -0.1) is 0 Å². The van der Waals surface area contributed by atoms with Gasteiger partial charge < -0.3 is 20.9 Å². The van der Waals surface area contributed by atoms with Crippen molar-refractivity contribution in [2.24, 2.45) is 0 Å². The number of unbranched alkanes of at least 4 members (excludes halogenated alkanes) is 3. The Bertz CT molecular complexity index is 626. The summed E-state index contributed by atoms with van der Waals surface area (Å²) in [6.07, 6.45) is 5.10. The van der Waals surface area contributed by atoms with E-state index in [1.807, 2.05) is 49.4 Å². The highest BCUT2D eigenvalue weighted by molar-refractivity contribution is 5.57. The van der Waals surface area contributed by atoms with Crippen LogP contribution in [0.5, 0.6) is 11.5 Å². The van der Waals surface area contributed by atoms with Gasteiger partial charge in [0, 0.05) is 12.1 Å². The highest BCUT2D eigenvalue weighted by Crippen LogP contribution is 2.27. The average molecular weight is 328 g/mol. The van der Waals surface area contributed by atoms with Crippen LogP contribution < -0.4 is 20.9 Å². The number of anilines is 2. The molecule has 4 N–H and O–H groups in total. The summed E-state index contributed by atoms with van der Waals surface area (Å²) in [6.45, 7) is 4.17. The molecular weight excluding hydrogens is 300 g/mol. The Morgan fingerprint density at radius 1 is 0.917 bits per heavy atom. The minimum Gasteiger partial charge on any atom is -0.455 e. The van der Waals surface area contributed by atoms with E-state index in [9.17, 15) is 0 Å². The van der Waals surface area contributed by atoms with Gasteiger partial charge in [-0.05, 0) is 49.2 Å². The fourth-order valence-corrected chi connectivity index (χ4v) is 2.48. The van der Waals surface area contributed by atoms with E-state index >= 15 is 0 Å². The van der Waals surface area contributed by atoms with Gasteiger partial charge in [-0.2, -0.15) is 0 Å². The van der Waals surface area contributed by atoms with Crippen LogP contribution in [0.25, 0.3) is 0 Å². The van der Waals surface area contributed by atoms with Gasteiger partial charge in [0.1, 0.15) is 11.5 Å². The van der Waals surface area contributed by atoms with Crippen LogP contribution >= 0.6 is 0 Å². The fourth-order valence-electron chi connectivity index (χ4n) is 2.48. The van der Waals surface area contributed by atoms with Crippen molar-refractivity contribution in [2.75, 3.05) is 11.5 Å². The molecule has 0 saturated heterocycles. The number of ether oxygens (including phenoxy) is 2. The second kappa shape index (κ2) is 9.06. The predicted molar refractivity (Wildman–Crippen MR) is 100 cm³/mol. The molecule has 0 saturated carbocycles. The van der Waals surface area contributed by atoms with Gasteiger partial charge in [-0.1, -0.05) is 38.3 Å². The van der Waals surface area contributed by atoms with Crippen molar-refractivity contribution in [1.82, 2.24) is 0 Å². The van der Waals surface area contributed by atoms with E-state index < -0.39 is 0 Å². The normalized spacial score (nSPS) is 11.9. The zero-order valence-electron chi connectivity index (χ0n) is 14.6. The highest BCUT2D eigenvalue weighted by atomic mass is 16.7. The van der Waals surface area contributed by atoms with Gasteiger partial charge >= 0.3 is 0 Å². The second-order valence-corrected chi connectivity index (χ2v) is 6.07. The molecule has 0 aliphatic heterocycles. The van der Waals surface area contributed by atoms with Crippen molar-refractivity contribution >= 4 is 11.4 Å². The lowest BCUT2D eigenvalue weighted by molar-refractivity contribution is -0.00189. The lowest BCUT2D eigenvalue weighted by atomic mass is 10.1. The zero-order valence-corrected chi connectivity index (χ0v) is 14.6. The average Bonchev–Trinajstić information content (AvgIpc) is 2.57. The van der Waals surface area contributed by atoms with E-state index in [-0.39, 0.29) is 6.29 Å². The molecule has 1 unspecified atom stereocenters. The van der Waals surface area contributed by atoms with Gasteiger partial charge in [0.2, 0.25) is 6.29 Å². The zero-order chi connectivity index (χ0) is 17.4. The topological polar surface area (TPSA) is 70.5 Å². The second-order valence-electron chi connectivity index (χ2n) is 6.07. The van der Waals surface area contributed by atoms with Crippen LogP contribution in [0, 0.1) is 6.92 Å². The van der Waals surface area contributed by atoms with Crippen LogP contribution in [0.4, 0.5) is 11.4 Å². The molecule has 130 valence electrons. The van der Waals surface area contributed by atoms with Crippen LogP contribution in [0.15, 0.2) is 42.5 Å². The Kier molecular flexibility index (Phi) is 6.79. The minimum absolute atomic E-state index is 0.366. The third-order valence-corrected chi connectivity index (χ3v) is 3.98. The molecular formula is C20H28N2O2. The summed E-state index contributed by atoms with van der Waals surface area (Å²) < 4.78 is 12.1. The lowest BCUT2D eigenvalue weighted by Crippen LogP contribution is -2.24. The number of rotatable bonds is 9. The molecule has 4 nitrogen and oxygen atoms in total. The molecule has 0 spiro atoms. The van der Waals surface area contributed by atoms with E-state index in [0.717, 1.165) is 24.2 Å². The summed E-state index contributed by atoms with van der Waals surface area (Å²) >= 11 is 0. The summed E-state index contributed by atoms with van der Waals surface area (Å²) in [4.78, 5) is 0. The van der Waals surface area contributed by atoms with Gasteiger partial charge in [0.05, 0.1) is 5.69 Å². The summed E-state index contributed by atoms with van der Waals surface area (Å²) in [5, 5.41) is 0. The molecule has 2 aromatic carbocycles. The molecule has 0 fully saturated rings. The highest BCUT2D eigenvalue weighted by Gasteiger charge is 2.14. The molecule has 0 aromatic heterocycles. The Morgan fingerprint density at radius 2 is 1.67 bits per heavy atom. The van der Waals surface area contributed by atoms with Gasteiger partial charge in [-0.3, -0.25) is 0 Å². The van der Waals surface area contributed by atoms with Crippen molar-refractivity contribution in [3.8, 4) is 11.5 Å². The minimum atomic E-state index is -0.366. The Balaban J connectivity index is 2.06. The maximum absolute atomic E-state index is 6.12. The van der Waals surface area contributed by atoms with Gasteiger partial charge in [-0.25, -0.2) is 0 Å². The molecule has 0 radical (unpaired) electrons. The summed E-state index contributed by atoms with van der Waals surface area (Å²) in [5.41, 5.74) is 14.2. The van der Waals surface area contributed by atoms with Crippen LogP contribution in [-0.2, 0) is 0 Å². The van der Waals surface area contributed by atoms with E-state index in [4.69, 9.17) is 20.9 Å². The monoisotopic (exact) mass is 328 g/mol. The molecule has 0 aliphatic carbocycles. The van der Waals surface area contributed by atoms with E-state index in [0.29, 0.717) is 17.1 Å². The first-order chi connectivity index (χ1) is 11.6. The number of hydrogen-bond acceptors (Lipinski definition) is 4. The van der Waals surface area contributed by atoms with Crippen LogP contribution in [0.1, 0.15) is 44.6 Å². The fraction of sp³-hybridized carbons (Fsp3) is 0.400. The predicted octanol–water partition coefficient (Wildman–Crippen LogP) is 4.91. The Labute approximate surface area is 144 Å². The Morgan fingerprint density at radius 3 is 2.38 bits per heavy atom. The summed E-state index contributed by atoms with van der Waals surface area (Å²) in [7, 11) is 0. The number of nitrogen functional groups attached to an aromatic ring is 2. The van der Waals surface area contributed by atoms with Crippen molar-refractivity contribution < 1.29 is 9.47 Å². The first-order valence-electron chi connectivity index (χ1n) is 8.64. The molecule has 2 aromatic rings. The summed E-state index contributed by atoms with van der Waals surface area (Å²) in [5.74, 6) is 1.42. The van der Waals surface area contributed by atoms with Crippen molar-refractivity contribution in [1.29, 1.82) is 0 Å². The van der Waals surface area contributed by atoms with Crippen molar-refractivity contribution in [3.05, 3.63) is 48.0 Å². The van der Waals surface area contributed by atoms with Crippen LogP contribution in [0.3, 0.4) is 0 Å². The standard InChI is InChI=1S/C20H28N2O2/c1-3-4-5-6-10-19(23-17-13-11-16(21)12-14-17)24-18-9-7-8-15(2)20(18)22/h7-9,11-14,19H,3-6,10,21-22H2,1-2H3. The van der Waals surface area contributed by atoms with Gasteiger partial charge in [0.15, 0.2) is 0 Å². The maximum atomic E-state index is 6.12. The number of aryl methyl sites for hydroxylation is 1. The van der Waals surface area contributed by atoms with Crippen molar-refractivity contribution in [3.63, 3.8) is 0 Å². The third kappa shape index (κ3) is 5.37. The van der Waals surface area contributed by atoms with E-state index in [2.05, 4.69) is 6.92 Å². The summed E-state index contributed by atoms with van der Waals surface area (Å²) in [6, 6.07) is 13.2. The number of nitrogens with two attached hydrogens (primary N) is 2. The third-order valence-electron chi connectivity index (χ3n) is 3.98. The molecule has 0 aliphatic rings. The molecule has 0 bridgehead atoms. The number of hydrogen-bond donors (Lipinski definition) is 2. The SMILES string of the molecule is CCCCCCC(Oc1ccc(N)cc1)Oc1cccc(C)c1N. The molecule has 0 amide bonds. The number of benzene rings is 2. The molecule has 1 atom stereocenters. The van der Waals surface area contributed by atoms with E-state index in [1.165, 1.54) is 19.3 Å². The van der Waals surface area contributed by atoms with Crippen molar-refractivity contribution in [2.45, 2.75) is 52.2 Å². The molecule has 2 rings (SSSR count).